The van der Waals surface area contributed by atoms with E-state index in [4.69, 9.17) is 0 Å². The summed E-state index contributed by atoms with van der Waals surface area (Å²) in [5.74, 6) is -5.07. The van der Waals surface area contributed by atoms with Crippen molar-refractivity contribution in [2.24, 2.45) is 0 Å². The Morgan fingerprint density at radius 2 is 2.13 bits per heavy atom. The zero-order valence-corrected chi connectivity index (χ0v) is 8.59. The van der Waals surface area contributed by atoms with Crippen LogP contribution in [0, 0.1) is 6.92 Å². The van der Waals surface area contributed by atoms with Crippen molar-refractivity contribution >= 4 is 5.97 Å². The van der Waals surface area contributed by atoms with E-state index >= 15 is 0 Å². The smallest absolute Gasteiger partial charge is 0.381 e. The normalized spacial score (nSPS) is 11.2. The van der Waals surface area contributed by atoms with Crippen molar-refractivity contribution in [3.05, 3.63) is 35.4 Å². The van der Waals surface area contributed by atoms with Crippen LogP contribution < -0.4 is 0 Å². The van der Waals surface area contributed by atoms with Crippen molar-refractivity contribution in [3.63, 3.8) is 0 Å². The van der Waals surface area contributed by atoms with Crippen molar-refractivity contribution in [2.45, 2.75) is 19.8 Å². The van der Waals surface area contributed by atoms with Gasteiger partial charge in [0, 0.05) is 5.56 Å². The number of hydrogen-bond acceptors (Lipinski definition) is 2. The number of rotatable bonds is 3. The summed E-state index contributed by atoms with van der Waals surface area (Å²) in [4.78, 5) is 11.0. The van der Waals surface area contributed by atoms with E-state index in [2.05, 4.69) is 4.74 Å². The molecule has 0 amide bonds. The molecule has 0 aliphatic rings. The highest BCUT2D eigenvalue weighted by molar-refractivity contribution is 5.79. The maximum Gasteiger partial charge on any atom is 0.381 e. The molecular formula is C11H12F2O2. The fraction of sp³-hybridized carbons (Fsp3) is 0.364. The van der Waals surface area contributed by atoms with Crippen LogP contribution in [0.5, 0.6) is 0 Å². The summed E-state index contributed by atoms with van der Waals surface area (Å²) in [5, 5.41) is 0. The molecule has 15 heavy (non-hydrogen) atoms. The van der Waals surface area contributed by atoms with E-state index in [1.807, 2.05) is 0 Å². The van der Waals surface area contributed by atoms with Crippen LogP contribution in [0.4, 0.5) is 8.78 Å². The Morgan fingerprint density at radius 3 is 2.67 bits per heavy atom. The standard InChI is InChI=1S/C11H12F2O2/c1-3-15-10(14)11(12,13)9-6-4-5-8(2)7-9/h4-7H,3H2,1-2H3. The Bertz CT molecular complexity index is 361. The number of esters is 1. The molecule has 0 radical (unpaired) electrons. The van der Waals surface area contributed by atoms with E-state index in [0.29, 0.717) is 5.56 Å². The van der Waals surface area contributed by atoms with E-state index in [1.54, 1.807) is 13.0 Å². The van der Waals surface area contributed by atoms with Crippen molar-refractivity contribution < 1.29 is 18.3 Å². The highest BCUT2D eigenvalue weighted by Crippen LogP contribution is 2.29. The second-order valence-electron chi connectivity index (χ2n) is 3.16. The Hall–Kier alpha value is -1.45. The quantitative estimate of drug-likeness (QED) is 0.723. The van der Waals surface area contributed by atoms with Crippen LogP contribution in [0.15, 0.2) is 24.3 Å². The molecule has 0 N–H and O–H groups in total. The summed E-state index contributed by atoms with van der Waals surface area (Å²) >= 11 is 0. The van der Waals surface area contributed by atoms with Gasteiger partial charge in [0.05, 0.1) is 6.61 Å². The van der Waals surface area contributed by atoms with Crippen LogP contribution >= 0.6 is 0 Å². The molecule has 1 aromatic carbocycles. The molecule has 4 heteroatoms. The number of halogens is 2. The lowest BCUT2D eigenvalue weighted by Crippen LogP contribution is -2.28. The molecule has 0 aliphatic heterocycles. The number of alkyl halides is 2. The van der Waals surface area contributed by atoms with Crippen LogP contribution in [0.3, 0.4) is 0 Å². The molecule has 0 aromatic heterocycles. The minimum Gasteiger partial charge on any atom is -0.461 e. The van der Waals surface area contributed by atoms with Gasteiger partial charge in [-0.15, -0.1) is 0 Å². The largest absolute Gasteiger partial charge is 0.461 e. The zero-order chi connectivity index (χ0) is 11.5. The van der Waals surface area contributed by atoms with Crippen molar-refractivity contribution in [2.75, 3.05) is 6.61 Å². The van der Waals surface area contributed by atoms with Gasteiger partial charge in [-0.3, -0.25) is 0 Å². The van der Waals surface area contributed by atoms with Crippen LogP contribution in [0.2, 0.25) is 0 Å². The van der Waals surface area contributed by atoms with E-state index in [0.717, 1.165) is 0 Å². The molecule has 0 spiro atoms. The van der Waals surface area contributed by atoms with E-state index in [9.17, 15) is 13.6 Å². The van der Waals surface area contributed by atoms with Crippen molar-refractivity contribution in [1.82, 2.24) is 0 Å². The number of carbonyl (C=O) groups excluding carboxylic acids is 1. The van der Waals surface area contributed by atoms with Gasteiger partial charge in [-0.05, 0) is 19.9 Å². The van der Waals surface area contributed by atoms with E-state index in [1.165, 1.54) is 25.1 Å². The van der Waals surface area contributed by atoms with Crippen molar-refractivity contribution in [3.8, 4) is 0 Å². The predicted octanol–water partition coefficient (Wildman–Crippen LogP) is 2.65. The third-order valence-corrected chi connectivity index (χ3v) is 1.91. The van der Waals surface area contributed by atoms with E-state index < -0.39 is 11.9 Å². The average Bonchev–Trinajstić information content (AvgIpc) is 2.18. The number of benzene rings is 1. The van der Waals surface area contributed by atoms with Crippen LogP contribution in [-0.2, 0) is 15.5 Å². The second-order valence-corrected chi connectivity index (χ2v) is 3.16. The molecule has 0 unspecified atom stereocenters. The number of hydrogen-bond donors (Lipinski definition) is 0. The maximum atomic E-state index is 13.4. The lowest BCUT2D eigenvalue weighted by molar-refractivity contribution is -0.173. The summed E-state index contributed by atoms with van der Waals surface area (Å²) in [6.45, 7) is 3.12. The summed E-state index contributed by atoms with van der Waals surface area (Å²) in [7, 11) is 0. The molecule has 2 nitrogen and oxygen atoms in total. The predicted molar refractivity (Wildman–Crippen MR) is 51.7 cm³/mol. The van der Waals surface area contributed by atoms with Gasteiger partial charge in [0.25, 0.3) is 0 Å². The molecule has 0 heterocycles. The Morgan fingerprint density at radius 1 is 1.47 bits per heavy atom. The molecule has 1 rings (SSSR count). The fourth-order valence-electron chi connectivity index (χ4n) is 1.18. The third kappa shape index (κ3) is 2.52. The third-order valence-electron chi connectivity index (χ3n) is 1.91. The lowest BCUT2D eigenvalue weighted by Gasteiger charge is -2.15. The second kappa shape index (κ2) is 4.38. The topological polar surface area (TPSA) is 26.3 Å². The maximum absolute atomic E-state index is 13.4. The molecule has 0 saturated carbocycles. The average molecular weight is 214 g/mol. The van der Waals surface area contributed by atoms with Gasteiger partial charge in [0.15, 0.2) is 0 Å². The fourth-order valence-corrected chi connectivity index (χ4v) is 1.18. The summed E-state index contributed by atoms with van der Waals surface area (Å²) in [6.07, 6.45) is 0. The molecule has 0 saturated heterocycles. The van der Waals surface area contributed by atoms with Gasteiger partial charge in [-0.1, -0.05) is 23.8 Å². The summed E-state index contributed by atoms with van der Waals surface area (Å²) in [5.41, 5.74) is 0.345. The minimum atomic E-state index is -3.57. The molecule has 1 aromatic rings. The van der Waals surface area contributed by atoms with Gasteiger partial charge >= 0.3 is 11.9 Å². The first-order valence-corrected chi connectivity index (χ1v) is 4.60. The highest BCUT2D eigenvalue weighted by Gasteiger charge is 2.42. The first kappa shape index (κ1) is 11.6. The van der Waals surface area contributed by atoms with Gasteiger partial charge in [-0.25, -0.2) is 4.79 Å². The monoisotopic (exact) mass is 214 g/mol. The number of ether oxygens (including phenoxy) is 1. The Kier molecular flexibility index (Phi) is 3.39. The van der Waals surface area contributed by atoms with Crippen molar-refractivity contribution in [1.29, 1.82) is 0 Å². The highest BCUT2D eigenvalue weighted by atomic mass is 19.3. The Labute approximate surface area is 86.9 Å². The molecule has 0 fully saturated rings. The molecule has 0 bridgehead atoms. The molecule has 0 atom stereocenters. The SMILES string of the molecule is CCOC(=O)C(F)(F)c1cccc(C)c1. The number of carbonyl (C=O) groups is 1. The first-order chi connectivity index (χ1) is 6.98. The van der Waals surface area contributed by atoms with Crippen LogP contribution in [-0.4, -0.2) is 12.6 Å². The Balaban J connectivity index is 2.99. The van der Waals surface area contributed by atoms with Crippen LogP contribution in [0.25, 0.3) is 0 Å². The van der Waals surface area contributed by atoms with Gasteiger partial charge < -0.3 is 4.74 Å². The summed E-state index contributed by atoms with van der Waals surface area (Å²) < 4.78 is 31.2. The molecular weight excluding hydrogens is 202 g/mol. The lowest BCUT2D eigenvalue weighted by atomic mass is 10.1. The van der Waals surface area contributed by atoms with Crippen LogP contribution in [0.1, 0.15) is 18.1 Å². The molecule has 82 valence electrons. The minimum absolute atomic E-state index is 0.0553. The van der Waals surface area contributed by atoms with Gasteiger partial charge in [0.1, 0.15) is 0 Å². The zero-order valence-electron chi connectivity index (χ0n) is 8.59. The summed E-state index contributed by atoms with van der Waals surface area (Å²) in [6, 6.07) is 5.66. The van der Waals surface area contributed by atoms with Gasteiger partial charge in [0.2, 0.25) is 0 Å². The first-order valence-electron chi connectivity index (χ1n) is 4.60. The number of aryl methyl sites for hydroxylation is 1. The van der Waals surface area contributed by atoms with E-state index in [-0.39, 0.29) is 12.2 Å². The molecule has 0 aliphatic carbocycles. The van der Waals surface area contributed by atoms with Gasteiger partial charge in [-0.2, -0.15) is 8.78 Å².